The predicted octanol–water partition coefficient (Wildman–Crippen LogP) is 6.14. The van der Waals surface area contributed by atoms with Crippen molar-refractivity contribution in [3.63, 3.8) is 0 Å². The number of hydrazone groups is 1. The molecule has 0 saturated heterocycles. The van der Waals surface area contributed by atoms with Gasteiger partial charge in [-0.3, -0.25) is 4.79 Å². The van der Waals surface area contributed by atoms with Crippen molar-refractivity contribution in [2.45, 2.75) is 25.2 Å². The SMILES string of the molecule is Cc1cc(/C=N/NC(=O)CCSc2ccc(Cl)cc2)c(C)n1-c1ccc(Br)cc1. The first-order valence-corrected chi connectivity index (χ1v) is 11.2. The van der Waals surface area contributed by atoms with Crippen molar-refractivity contribution in [2.24, 2.45) is 5.10 Å². The molecule has 29 heavy (non-hydrogen) atoms. The second kappa shape index (κ2) is 10.1. The molecule has 0 unspecified atom stereocenters. The van der Waals surface area contributed by atoms with Gasteiger partial charge in [0, 0.05) is 49.2 Å². The van der Waals surface area contributed by atoms with E-state index in [2.05, 4.69) is 56.1 Å². The smallest absolute Gasteiger partial charge is 0.240 e. The van der Waals surface area contributed by atoms with Crippen LogP contribution in [0.5, 0.6) is 0 Å². The van der Waals surface area contributed by atoms with Crippen molar-refractivity contribution in [2.75, 3.05) is 5.75 Å². The van der Waals surface area contributed by atoms with E-state index in [0.29, 0.717) is 17.2 Å². The molecule has 3 rings (SSSR count). The summed E-state index contributed by atoms with van der Waals surface area (Å²) in [4.78, 5) is 13.1. The number of hydrogen-bond acceptors (Lipinski definition) is 3. The number of aryl methyl sites for hydroxylation is 1. The lowest BCUT2D eigenvalue weighted by molar-refractivity contribution is -0.120. The third kappa shape index (κ3) is 5.98. The van der Waals surface area contributed by atoms with Gasteiger partial charge in [0.25, 0.3) is 0 Å². The van der Waals surface area contributed by atoms with Gasteiger partial charge in [-0.05, 0) is 68.4 Å². The van der Waals surface area contributed by atoms with E-state index in [4.69, 9.17) is 11.6 Å². The highest BCUT2D eigenvalue weighted by atomic mass is 79.9. The minimum absolute atomic E-state index is 0.107. The Morgan fingerprint density at radius 2 is 1.86 bits per heavy atom. The first kappa shape index (κ1) is 21.7. The van der Waals surface area contributed by atoms with Gasteiger partial charge in [-0.2, -0.15) is 5.10 Å². The Morgan fingerprint density at radius 3 is 2.55 bits per heavy atom. The Kier molecular flexibility index (Phi) is 7.58. The third-order valence-corrected chi connectivity index (χ3v) is 6.15. The highest BCUT2D eigenvalue weighted by Gasteiger charge is 2.09. The van der Waals surface area contributed by atoms with Crippen LogP contribution < -0.4 is 5.43 Å². The Balaban J connectivity index is 1.54. The van der Waals surface area contributed by atoms with Crippen molar-refractivity contribution >= 4 is 51.4 Å². The van der Waals surface area contributed by atoms with E-state index in [1.54, 1.807) is 18.0 Å². The Hall–Kier alpha value is -2.02. The van der Waals surface area contributed by atoms with Gasteiger partial charge >= 0.3 is 0 Å². The largest absolute Gasteiger partial charge is 0.318 e. The Morgan fingerprint density at radius 1 is 1.17 bits per heavy atom. The fourth-order valence-corrected chi connectivity index (χ4v) is 4.17. The lowest BCUT2D eigenvalue weighted by Gasteiger charge is -2.09. The maximum absolute atomic E-state index is 12.0. The summed E-state index contributed by atoms with van der Waals surface area (Å²) in [5.41, 5.74) is 6.85. The number of aromatic nitrogens is 1. The van der Waals surface area contributed by atoms with Crippen LogP contribution in [0.15, 0.2) is 69.1 Å². The molecule has 0 spiro atoms. The molecule has 0 bridgehead atoms. The van der Waals surface area contributed by atoms with Crippen LogP contribution in [-0.2, 0) is 4.79 Å². The topological polar surface area (TPSA) is 46.4 Å². The van der Waals surface area contributed by atoms with Crippen molar-refractivity contribution < 1.29 is 4.79 Å². The molecule has 0 fully saturated rings. The van der Waals surface area contributed by atoms with Gasteiger partial charge in [-0.25, -0.2) is 5.43 Å². The lowest BCUT2D eigenvalue weighted by Crippen LogP contribution is -2.17. The summed E-state index contributed by atoms with van der Waals surface area (Å²) in [6.45, 7) is 4.10. The van der Waals surface area contributed by atoms with E-state index in [-0.39, 0.29) is 5.91 Å². The molecule has 2 aromatic carbocycles. The van der Waals surface area contributed by atoms with Crippen LogP contribution in [0.3, 0.4) is 0 Å². The molecular formula is C22H21BrClN3OS. The third-order valence-electron chi connectivity index (χ3n) is 4.36. The summed E-state index contributed by atoms with van der Waals surface area (Å²) in [5.74, 6) is 0.575. The molecule has 0 atom stereocenters. The summed E-state index contributed by atoms with van der Waals surface area (Å²) in [5, 5.41) is 4.84. The number of rotatable bonds is 7. The van der Waals surface area contributed by atoms with E-state index >= 15 is 0 Å². The van der Waals surface area contributed by atoms with Gasteiger partial charge in [0.05, 0.1) is 6.21 Å². The first-order chi connectivity index (χ1) is 13.9. The molecule has 1 amide bonds. The van der Waals surface area contributed by atoms with Crippen molar-refractivity contribution in [3.05, 3.63) is 81.0 Å². The molecule has 7 heteroatoms. The molecule has 0 radical (unpaired) electrons. The number of amides is 1. The highest BCUT2D eigenvalue weighted by molar-refractivity contribution is 9.10. The molecule has 1 aromatic heterocycles. The van der Waals surface area contributed by atoms with Crippen molar-refractivity contribution in [1.29, 1.82) is 0 Å². The van der Waals surface area contributed by atoms with Crippen LogP contribution in [0.25, 0.3) is 5.69 Å². The fraction of sp³-hybridized carbons (Fsp3) is 0.182. The number of benzene rings is 2. The van der Waals surface area contributed by atoms with Crippen LogP contribution in [0.1, 0.15) is 23.4 Å². The van der Waals surface area contributed by atoms with Gasteiger partial charge in [-0.15, -0.1) is 11.8 Å². The average molecular weight is 491 g/mol. The molecule has 0 aliphatic carbocycles. The molecule has 3 aromatic rings. The molecule has 0 saturated carbocycles. The standard InChI is InChI=1S/C22H21BrClN3OS/c1-15-13-17(16(2)27(15)20-7-3-18(23)4-8-20)14-25-26-22(28)11-12-29-21-9-5-19(24)6-10-21/h3-10,13-14H,11-12H2,1-2H3,(H,26,28)/b25-14+. The number of hydrogen-bond donors (Lipinski definition) is 1. The van der Waals surface area contributed by atoms with E-state index in [0.717, 1.165) is 32.0 Å². The van der Waals surface area contributed by atoms with E-state index in [1.165, 1.54) is 0 Å². The maximum atomic E-state index is 12.0. The van der Waals surface area contributed by atoms with E-state index in [1.807, 2.05) is 43.3 Å². The zero-order chi connectivity index (χ0) is 20.8. The van der Waals surface area contributed by atoms with E-state index < -0.39 is 0 Å². The monoisotopic (exact) mass is 489 g/mol. The van der Waals surface area contributed by atoms with Gasteiger partial charge < -0.3 is 4.57 Å². The molecule has 0 aliphatic rings. The average Bonchev–Trinajstić information content (AvgIpc) is 2.98. The zero-order valence-corrected chi connectivity index (χ0v) is 19.3. The molecule has 150 valence electrons. The normalized spacial score (nSPS) is 11.2. The van der Waals surface area contributed by atoms with Crippen molar-refractivity contribution in [1.82, 2.24) is 9.99 Å². The number of carbonyl (C=O) groups excluding carboxylic acids is 1. The molecule has 0 aliphatic heterocycles. The number of nitrogens with one attached hydrogen (secondary N) is 1. The van der Waals surface area contributed by atoms with Gasteiger partial charge in [0.1, 0.15) is 0 Å². The van der Waals surface area contributed by atoms with Gasteiger partial charge in [-0.1, -0.05) is 27.5 Å². The summed E-state index contributed by atoms with van der Waals surface area (Å²) >= 11 is 11.0. The number of nitrogens with zero attached hydrogens (tertiary/aromatic N) is 2. The second-order valence-electron chi connectivity index (χ2n) is 6.48. The maximum Gasteiger partial charge on any atom is 0.240 e. The van der Waals surface area contributed by atoms with E-state index in [9.17, 15) is 4.79 Å². The number of thioether (sulfide) groups is 1. The Labute approximate surface area is 188 Å². The summed E-state index contributed by atoms with van der Waals surface area (Å²) in [6, 6.07) is 17.8. The zero-order valence-electron chi connectivity index (χ0n) is 16.2. The first-order valence-electron chi connectivity index (χ1n) is 9.09. The molecule has 1 heterocycles. The summed E-state index contributed by atoms with van der Waals surface area (Å²) < 4.78 is 3.21. The van der Waals surface area contributed by atoms with Crippen LogP contribution in [0.2, 0.25) is 5.02 Å². The second-order valence-corrected chi connectivity index (χ2v) is 9.00. The summed E-state index contributed by atoms with van der Waals surface area (Å²) in [7, 11) is 0. The summed E-state index contributed by atoms with van der Waals surface area (Å²) in [6.07, 6.45) is 2.09. The van der Waals surface area contributed by atoms with Crippen LogP contribution in [0, 0.1) is 13.8 Å². The quantitative estimate of drug-likeness (QED) is 0.245. The van der Waals surface area contributed by atoms with Gasteiger partial charge in [0.2, 0.25) is 5.91 Å². The Bertz CT molecular complexity index is 1010. The number of carbonyl (C=O) groups is 1. The number of halogens is 2. The molecule has 4 nitrogen and oxygen atoms in total. The highest BCUT2D eigenvalue weighted by Crippen LogP contribution is 2.22. The minimum atomic E-state index is -0.107. The fourth-order valence-electron chi connectivity index (χ4n) is 2.93. The van der Waals surface area contributed by atoms with Crippen molar-refractivity contribution in [3.8, 4) is 5.69 Å². The van der Waals surface area contributed by atoms with Crippen LogP contribution in [-0.4, -0.2) is 22.4 Å². The lowest BCUT2D eigenvalue weighted by atomic mass is 10.2. The van der Waals surface area contributed by atoms with Gasteiger partial charge in [0.15, 0.2) is 0 Å². The molecular weight excluding hydrogens is 470 g/mol. The molecule has 1 N–H and O–H groups in total. The van der Waals surface area contributed by atoms with Crippen LogP contribution in [0.4, 0.5) is 0 Å². The van der Waals surface area contributed by atoms with Crippen LogP contribution >= 0.6 is 39.3 Å². The minimum Gasteiger partial charge on any atom is -0.318 e. The predicted molar refractivity (Wildman–Crippen MR) is 125 cm³/mol.